The van der Waals surface area contributed by atoms with Gasteiger partial charge in [-0.05, 0) is 24.1 Å². The van der Waals surface area contributed by atoms with E-state index in [0.717, 1.165) is 5.56 Å². The summed E-state index contributed by atoms with van der Waals surface area (Å²) in [4.78, 5) is 22.9. The van der Waals surface area contributed by atoms with Gasteiger partial charge in [0, 0.05) is 12.8 Å². The fraction of sp³-hybridized carbons (Fsp3) is 0.389. The quantitative estimate of drug-likeness (QED) is 0.277. The molecule has 0 aliphatic carbocycles. The Morgan fingerprint density at radius 1 is 1.12 bits per heavy atom. The van der Waals surface area contributed by atoms with Gasteiger partial charge in [0.2, 0.25) is 0 Å². The van der Waals surface area contributed by atoms with Crippen molar-refractivity contribution in [1.29, 1.82) is 5.26 Å². The third kappa shape index (κ3) is 6.96. The van der Waals surface area contributed by atoms with Crippen LogP contribution in [0.25, 0.3) is 0 Å². The van der Waals surface area contributed by atoms with Gasteiger partial charge in [-0.2, -0.15) is 5.26 Å². The first kappa shape index (κ1) is 20.0. The van der Waals surface area contributed by atoms with Crippen LogP contribution in [0.2, 0.25) is 0 Å². The molecule has 0 saturated carbocycles. The monoisotopic (exact) mass is 347 g/mol. The molecule has 0 bridgehead atoms. The van der Waals surface area contributed by atoms with E-state index in [2.05, 4.69) is 6.58 Å². The zero-order valence-electron chi connectivity index (χ0n) is 14.4. The summed E-state index contributed by atoms with van der Waals surface area (Å²) >= 11 is 0. The molecule has 0 spiro atoms. The lowest BCUT2D eigenvalue weighted by molar-refractivity contribution is -0.144. The first-order chi connectivity index (χ1) is 12.0. The van der Waals surface area contributed by atoms with Crippen LogP contribution >= 0.6 is 0 Å². The average Bonchev–Trinajstić information content (AvgIpc) is 2.64. The van der Waals surface area contributed by atoms with E-state index in [-0.39, 0.29) is 31.2 Å². The number of benzene rings is 1. The molecule has 7 heteroatoms. The molecule has 25 heavy (non-hydrogen) atoms. The fourth-order valence-electron chi connectivity index (χ4n) is 1.90. The first-order valence-electron chi connectivity index (χ1n) is 7.64. The largest absolute Gasteiger partial charge is 0.493 e. The van der Waals surface area contributed by atoms with Crippen molar-refractivity contribution in [2.45, 2.75) is 19.3 Å². The molecule has 7 nitrogen and oxygen atoms in total. The van der Waals surface area contributed by atoms with Crippen LogP contribution in [0, 0.1) is 11.3 Å². The molecule has 1 aromatic carbocycles. The number of rotatable bonds is 10. The van der Waals surface area contributed by atoms with E-state index in [9.17, 15) is 9.59 Å². The standard InChI is InChI=1S/C18H21NO6/c1-13(12-19)18(21)25-10-4-9-24-17(20)8-6-14-5-7-15(22-2)16(11-14)23-3/h5,7,11H,1,4,6,8-10H2,2-3H3. The number of nitriles is 1. The number of methoxy groups -OCH3 is 2. The zero-order valence-corrected chi connectivity index (χ0v) is 14.4. The summed E-state index contributed by atoms with van der Waals surface area (Å²) < 4.78 is 20.2. The van der Waals surface area contributed by atoms with Crippen LogP contribution in [0.5, 0.6) is 11.5 Å². The maximum absolute atomic E-state index is 11.7. The van der Waals surface area contributed by atoms with Crippen molar-refractivity contribution in [2.24, 2.45) is 0 Å². The van der Waals surface area contributed by atoms with Gasteiger partial charge in [0.1, 0.15) is 11.6 Å². The molecule has 0 amide bonds. The molecule has 0 N–H and O–H groups in total. The van der Waals surface area contributed by atoms with Crippen LogP contribution in [-0.4, -0.2) is 39.4 Å². The van der Waals surface area contributed by atoms with E-state index < -0.39 is 5.97 Å². The number of hydrogen-bond donors (Lipinski definition) is 0. The maximum Gasteiger partial charge on any atom is 0.348 e. The van der Waals surface area contributed by atoms with Crippen LogP contribution in [0.3, 0.4) is 0 Å². The summed E-state index contributed by atoms with van der Waals surface area (Å²) in [5, 5.41) is 8.46. The molecular formula is C18H21NO6. The van der Waals surface area contributed by atoms with Gasteiger partial charge in [-0.3, -0.25) is 4.79 Å². The smallest absolute Gasteiger partial charge is 0.348 e. The van der Waals surface area contributed by atoms with E-state index in [0.29, 0.717) is 24.3 Å². The van der Waals surface area contributed by atoms with E-state index >= 15 is 0 Å². The average molecular weight is 347 g/mol. The molecule has 0 fully saturated rings. The van der Waals surface area contributed by atoms with Gasteiger partial charge in [0.15, 0.2) is 11.5 Å². The highest BCUT2D eigenvalue weighted by Crippen LogP contribution is 2.27. The lowest BCUT2D eigenvalue weighted by Gasteiger charge is -2.09. The minimum Gasteiger partial charge on any atom is -0.493 e. The predicted molar refractivity (Wildman–Crippen MR) is 89.2 cm³/mol. The van der Waals surface area contributed by atoms with Crippen LogP contribution in [0.1, 0.15) is 18.4 Å². The molecule has 0 aromatic heterocycles. The predicted octanol–water partition coefficient (Wildman–Crippen LogP) is 2.19. The Labute approximate surface area is 146 Å². The highest BCUT2D eigenvalue weighted by molar-refractivity contribution is 5.91. The van der Waals surface area contributed by atoms with Crippen molar-refractivity contribution in [2.75, 3.05) is 27.4 Å². The second-order valence-corrected chi connectivity index (χ2v) is 4.99. The Morgan fingerprint density at radius 3 is 2.44 bits per heavy atom. The van der Waals surface area contributed by atoms with Gasteiger partial charge in [0.25, 0.3) is 0 Å². The maximum atomic E-state index is 11.7. The van der Waals surface area contributed by atoms with Crippen molar-refractivity contribution >= 4 is 11.9 Å². The molecule has 0 aliphatic heterocycles. The van der Waals surface area contributed by atoms with Crippen molar-refractivity contribution in [3.63, 3.8) is 0 Å². The molecule has 1 rings (SSSR count). The lowest BCUT2D eigenvalue weighted by atomic mass is 10.1. The molecule has 0 atom stereocenters. The fourth-order valence-corrected chi connectivity index (χ4v) is 1.90. The molecule has 0 radical (unpaired) electrons. The normalized spacial score (nSPS) is 9.64. The summed E-state index contributed by atoms with van der Waals surface area (Å²) in [5.41, 5.74) is 0.672. The van der Waals surface area contributed by atoms with Crippen molar-refractivity contribution < 1.29 is 28.5 Å². The second kappa shape index (κ2) is 10.7. The Kier molecular flexibility index (Phi) is 8.58. The first-order valence-corrected chi connectivity index (χ1v) is 7.64. The highest BCUT2D eigenvalue weighted by Gasteiger charge is 2.09. The Balaban J connectivity index is 2.26. The van der Waals surface area contributed by atoms with Crippen LogP contribution < -0.4 is 9.47 Å². The number of esters is 2. The summed E-state index contributed by atoms with van der Waals surface area (Å²) in [6.07, 6.45) is 1.09. The van der Waals surface area contributed by atoms with E-state index in [1.54, 1.807) is 26.4 Å². The summed E-state index contributed by atoms with van der Waals surface area (Å²) in [7, 11) is 3.11. The molecule has 0 saturated heterocycles. The number of carbonyl (C=O) groups excluding carboxylic acids is 2. The van der Waals surface area contributed by atoms with E-state index in [1.807, 2.05) is 12.1 Å². The van der Waals surface area contributed by atoms with Crippen LogP contribution in [0.4, 0.5) is 0 Å². The molecule has 134 valence electrons. The number of nitrogens with zero attached hydrogens (tertiary/aromatic N) is 1. The topological polar surface area (TPSA) is 94.9 Å². The van der Waals surface area contributed by atoms with Gasteiger partial charge in [-0.1, -0.05) is 12.6 Å². The SMILES string of the molecule is C=C(C#N)C(=O)OCCCOC(=O)CCc1ccc(OC)c(OC)c1. The molecule has 0 heterocycles. The van der Waals surface area contributed by atoms with E-state index in [4.69, 9.17) is 24.2 Å². The molecular weight excluding hydrogens is 326 g/mol. The Morgan fingerprint density at radius 2 is 1.80 bits per heavy atom. The molecule has 0 unspecified atom stereocenters. The van der Waals surface area contributed by atoms with Crippen LogP contribution in [-0.2, 0) is 25.5 Å². The zero-order chi connectivity index (χ0) is 18.7. The summed E-state index contributed by atoms with van der Waals surface area (Å²) in [5.74, 6) is 0.126. The van der Waals surface area contributed by atoms with Crippen LogP contribution in [0.15, 0.2) is 30.4 Å². The third-order valence-corrected chi connectivity index (χ3v) is 3.23. The summed E-state index contributed by atoms with van der Waals surface area (Å²) in [6.45, 7) is 3.43. The number of hydrogen-bond acceptors (Lipinski definition) is 7. The van der Waals surface area contributed by atoms with Crippen molar-refractivity contribution in [3.05, 3.63) is 35.9 Å². The number of aryl methyl sites for hydroxylation is 1. The van der Waals surface area contributed by atoms with Gasteiger partial charge in [-0.15, -0.1) is 0 Å². The van der Waals surface area contributed by atoms with Gasteiger partial charge in [-0.25, -0.2) is 4.79 Å². The Hall–Kier alpha value is -3.01. The Bertz CT molecular complexity index is 662. The van der Waals surface area contributed by atoms with Crippen molar-refractivity contribution in [3.8, 4) is 17.6 Å². The van der Waals surface area contributed by atoms with Gasteiger partial charge in [0.05, 0.1) is 27.4 Å². The number of carbonyl (C=O) groups is 2. The third-order valence-electron chi connectivity index (χ3n) is 3.23. The number of ether oxygens (including phenoxy) is 4. The van der Waals surface area contributed by atoms with Gasteiger partial charge >= 0.3 is 11.9 Å². The lowest BCUT2D eigenvalue weighted by Crippen LogP contribution is -2.11. The molecule has 1 aromatic rings. The minimum atomic E-state index is -0.762. The highest BCUT2D eigenvalue weighted by atomic mass is 16.5. The molecule has 0 aliphatic rings. The van der Waals surface area contributed by atoms with Gasteiger partial charge < -0.3 is 18.9 Å². The minimum absolute atomic E-state index is 0.0580. The van der Waals surface area contributed by atoms with E-state index in [1.165, 1.54) is 0 Å². The summed E-state index contributed by atoms with van der Waals surface area (Å²) in [6, 6.07) is 7.05. The second-order valence-electron chi connectivity index (χ2n) is 4.99. The van der Waals surface area contributed by atoms with Crippen molar-refractivity contribution in [1.82, 2.24) is 0 Å².